The number of aromatic nitrogens is 1. The molecule has 228 valence electrons. The number of pyridine rings is 1. The number of methoxy groups -OCH3 is 1. The van der Waals surface area contributed by atoms with Gasteiger partial charge in [-0.25, -0.2) is 9.18 Å². The molecule has 1 aliphatic heterocycles. The molecule has 0 saturated heterocycles. The van der Waals surface area contributed by atoms with Gasteiger partial charge in [-0.15, -0.1) is 0 Å². The molecule has 3 aromatic rings. The highest BCUT2D eigenvalue weighted by Gasteiger charge is 2.36. The van der Waals surface area contributed by atoms with Crippen molar-refractivity contribution < 1.29 is 36.7 Å². The number of amides is 3. The van der Waals surface area contributed by atoms with Crippen LogP contribution in [-0.4, -0.2) is 36.5 Å². The second-order valence-electron chi connectivity index (χ2n) is 9.93. The van der Waals surface area contributed by atoms with Gasteiger partial charge < -0.3 is 20.7 Å². The number of anilines is 3. The predicted octanol–water partition coefficient (Wildman–Crippen LogP) is 6.77. The first kappa shape index (κ1) is 31.7. The van der Waals surface area contributed by atoms with Gasteiger partial charge in [0.15, 0.2) is 5.82 Å². The van der Waals surface area contributed by atoms with Gasteiger partial charge in [0, 0.05) is 29.4 Å². The van der Waals surface area contributed by atoms with Gasteiger partial charge in [-0.1, -0.05) is 31.0 Å². The molecule has 4 rings (SSSR count). The molecule has 2 bridgehead atoms. The average Bonchev–Trinajstić information content (AvgIpc) is 2.96. The number of fused-ring (bicyclic) bond motifs is 4. The number of halogens is 5. The van der Waals surface area contributed by atoms with Crippen molar-refractivity contribution in [2.45, 2.75) is 38.4 Å². The molecule has 3 amide bonds. The van der Waals surface area contributed by atoms with Crippen LogP contribution < -0.4 is 21.3 Å². The smallest absolute Gasteiger partial charge is 0.418 e. The summed E-state index contributed by atoms with van der Waals surface area (Å²) in [5.41, 5.74) is 0.268. The van der Waals surface area contributed by atoms with Crippen molar-refractivity contribution in [2.24, 2.45) is 5.92 Å². The van der Waals surface area contributed by atoms with Gasteiger partial charge in [0.2, 0.25) is 11.8 Å². The Balaban J connectivity index is 1.61. The Labute approximate surface area is 249 Å². The van der Waals surface area contributed by atoms with Gasteiger partial charge in [0.1, 0.15) is 0 Å². The van der Waals surface area contributed by atoms with Crippen LogP contribution in [0.3, 0.4) is 0 Å². The molecule has 4 N–H and O–H groups in total. The van der Waals surface area contributed by atoms with E-state index < -0.39 is 58.8 Å². The van der Waals surface area contributed by atoms with Gasteiger partial charge in [-0.3, -0.25) is 19.9 Å². The number of carbonyl (C=O) groups is 3. The molecule has 0 unspecified atom stereocenters. The number of rotatable bonds is 5. The summed E-state index contributed by atoms with van der Waals surface area (Å²) in [6.07, 6.45) is -2.59. The normalized spacial score (nSPS) is 17.0. The molecule has 1 aromatic heterocycles. The zero-order valence-corrected chi connectivity index (χ0v) is 23.8. The quantitative estimate of drug-likeness (QED) is 0.234. The Bertz CT molecular complexity index is 1540. The van der Waals surface area contributed by atoms with Crippen LogP contribution >= 0.6 is 11.6 Å². The highest BCUT2D eigenvalue weighted by atomic mass is 35.5. The van der Waals surface area contributed by atoms with E-state index in [2.05, 4.69) is 25.7 Å². The number of benzene rings is 2. The lowest BCUT2D eigenvalue weighted by atomic mass is 9.95. The maximum Gasteiger partial charge on any atom is 0.418 e. The molecule has 0 fully saturated rings. The van der Waals surface area contributed by atoms with Crippen molar-refractivity contribution in [1.82, 2.24) is 10.3 Å². The number of ether oxygens (including phenoxy) is 1. The first-order chi connectivity index (χ1) is 20.4. The van der Waals surface area contributed by atoms with E-state index in [0.717, 1.165) is 6.07 Å². The van der Waals surface area contributed by atoms with Crippen LogP contribution in [0, 0.1) is 11.7 Å². The number of hydrogen-bond acceptors (Lipinski definition) is 6. The minimum absolute atomic E-state index is 0.237. The number of nitrogens with zero attached hydrogens (tertiary/aromatic N) is 1. The third kappa shape index (κ3) is 7.79. The van der Waals surface area contributed by atoms with Gasteiger partial charge in [-0.2, -0.15) is 13.2 Å². The SMILES string of the molecule is COC(=O)Nc1ccc2c(c1)NC(=O)[C@H](C)CCC[C@H](NCC(=O)Nc1c(C(F)(F)F)ccc(Cl)c1F)c1cc-2ccn1. The fourth-order valence-corrected chi connectivity index (χ4v) is 4.79. The molecular formula is C29H28ClF4N5O4. The Morgan fingerprint density at radius 3 is 2.60 bits per heavy atom. The van der Waals surface area contributed by atoms with E-state index in [1.807, 2.05) is 5.32 Å². The Morgan fingerprint density at radius 2 is 1.88 bits per heavy atom. The predicted molar refractivity (Wildman–Crippen MR) is 153 cm³/mol. The van der Waals surface area contributed by atoms with Gasteiger partial charge >= 0.3 is 12.3 Å². The zero-order chi connectivity index (χ0) is 31.3. The number of carbonyl (C=O) groups excluding carboxylic acids is 3. The second-order valence-corrected chi connectivity index (χ2v) is 10.3. The molecule has 2 aromatic carbocycles. The summed E-state index contributed by atoms with van der Waals surface area (Å²) < 4.78 is 59.5. The monoisotopic (exact) mass is 621 g/mol. The van der Waals surface area contributed by atoms with E-state index in [1.165, 1.54) is 7.11 Å². The molecule has 43 heavy (non-hydrogen) atoms. The molecule has 1 aliphatic rings. The average molecular weight is 622 g/mol. The maximum atomic E-state index is 14.5. The van der Waals surface area contributed by atoms with Crippen molar-refractivity contribution in [3.63, 3.8) is 0 Å². The Hall–Kier alpha value is -4.23. The molecule has 14 heteroatoms. The van der Waals surface area contributed by atoms with Crippen molar-refractivity contribution in [3.05, 3.63) is 70.8 Å². The molecular weight excluding hydrogens is 594 g/mol. The topological polar surface area (TPSA) is 121 Å². The third-order valence-electron chi connectivity index (χ3n) is 6.91. The molecule has 0 spiro atoms. The number of alkyl halides is 3. The van der Waals surface area contributed by atoms with Crippen LogP contribution in [0.25, 0.3) is 11.1 Å². The van der Waals surface area contributed by atoms with Gasteiger partial charge in [-0.05, 0) is 54.8 Å². The molecule has 9 nitrogen and oxygen atoms in total. The Kier molecular flexibility index (Phi) is 9.87. The van der Waals surface area contributed by atoms with Crippen LogP contribution in [0.4, 0.5) is 39.4 Å². The highest BCUT2D eigenvalue weighted by Crippen LogP contribution is 2.38. The third-order valence-corrected chi connectivity index (χ3v) is 7.20. The lowest BCUT2D eigenvalue weighted by Gasteiger charge is -2.22. The summed E-state index contributed by atoms with van der Waals surface area (Å²) in [6, 6.07) is 9.28. The largest absolute Gasteiger partial charge is 0.453 e. The van der Waals surface area contributed by atoms with Crippen LogP contribution in [0.5, 0.6) is 0 Å². The van der Waals surface area contributed by atoms with E-state index in [1.54, 1.807) is 43.5 Å². The summed E-state index contributed by atoms with van der Waals surface area (Å²) in [5.74, 6) is -2.94. The lowest BCUT2D eigenvalue weighted by Crippen LogP contribution is -2.33. The van der Waals surface area contributed by atoms with Gasteiger partial charge in [0.25, 0.3) is 0 Å². The first-order valence-corrected chi connectivity index (χ1v) is 13.6. The fourth-order valence-electron chi connectivity index (χ4n) is 4.63. The highest BCUT2D eigenvalue weighted by molar-refractivity contribution is 6.31. The minimum Gasteiger partial charge on any atom is -0.453 e. The van der Waals surface area contributed by atoms with Crippen molar-refractivity contribution in [1.29, 1.82) is 0 Å². The fraction of sp³-hybridized carbons (Fsp3) is 0.310. The minimum atomic E-state index is -4.92. The maximum absolute atomic E-state index is 14.5. The summed E-state index contributed by atoms with van der Waals surface area (Å²) >= 11 is 5.67. The molecule has 0 radical (unpaired) electrons. The van der Waals surface area contributed by atoms with Crippen molar-refractivity contribution in [2.75, 3.05) is 29.6 Å². The number of nitrogens with one attached hydrogen (secondary N) is 4. The summed E-state index contributed by atoms with van der Waals surface area (Å²) in [4.78, 5) is 41.9. The van der Waals surface area contributed by atoms with Crippen LogP contribution in [-0.2, 0) is 20.5 Å². The Morgan fingerprint density at radius 1 is 1.12 bits per heavy atom. The molecule has 2 atom stereocenters. The summed E-state index contributed by atoms with van der Waals surface area (Å²) in [6.45, 7) is 1.30. The van der Waals surface area contributed by atoms with Crippen LogP contribution in [0.1, 0.15) is 43.5 Å². The molecule has 0 aliphatic carbocycles. The van der Waals surface area contributed by atoms with E-state index in [9.17, 15) is 31.9 Å². The van der Waals surface area contributed by atoms with Crippen LogP contribution in [0.2, 0.25) is 5.02 Å². The second kappa shape index (κ2) is 13.4. The lowest BCUT2D eigenvalue weighted by molar-refractivity contribution is -0.137. The first-order valence-electron chi connectivity index (χ1n) is 13.2. The van der Waals surface area contributed by atoms with E-state index in [-0.39, 0.29) is 5.91 Å². The van der Waals surface area contributed by atoms with E-state index in [4.69, 9.17) is 11.6 Å². The van der Waals surface area contributed by atoms with Gasteiger partial charge in [0.05, 0.1) is 41.3 Å². The summed E-state index contributed by atoms with van der Waals surface area (Å²) in [7, 11) is 1.23. The van der Waals surface area contributed by atoms with Crippen molar-refractivity contribution in [3.8, 4) is 11.1 Å². The van der Waals surface area contributed by atoms with Crippen molar-refractivity contribution >= 4 is 46.6 Å². The van der Waals surface area contributed by atoms with E-state index in [0.29, 0.717) is 53.5 Å². The van der Waals surface area contributed by atoms with E-state index >= 15 is 0 Å². The summed E-state index contributed by atoms with van der Waals surface area (Å²) in [5, 5.41) is 9.93. The molecule has 2 heterocycles. The zero-order valence-electron chi connectivity index (χ0n) is 23.1. The standard InChI is InChI=1S/C29H28ClF4N5O4/c1-15-4-3-5-21(36-14-24(40)39-26-19(29(32,33)34)8-9-20(30)25(26)31)23-12-16(10-11-35-23)18-7-6-17(37-28(42)43-2)13-22(18)38-27(15)41/h6-13,15,21,36H,3-5,14H2,1-2H3,(H,37,42)(H,38,41)(H,39,40)/t15-,21+/m1/s1. The molecule has 0 saturated carbocycles. The van der Waals surface area contributed by atoms with Crippen LogP contribution in [0.15, 0.2) is 48.7 Å². The number of hydrogen-bond donors (Lipinski definition) is 4.